The zero-order chi connectivity index (χ0) is 21.9. The minimum Gasteiger partial charge on any atom is -0.267 e. The molecule has 1 amide bonds. The summed E-state index contributed by atoms with van der Waals surface area (Å²) in [5.74, 6) is -0.0260. The standard InChI is InChI=1S/C24H27N3O3S/c1-23(2)18-13-14-24(23)17-31(29,30)27(21(24)15-18)22(28)16-25-26(19-9-5-3-6-10-19)20-11-7-4-8-12-20/h3-12,16,18,21H,13-15,17H2,1-2H3/b25-16+/t18?,21?,24-/m0/s1. The lowest BCUT2D eigenvalue weighted by atomic mass is 9.69. The SMILES string of the molecule is CC1(C)C2CC[C@@]13CS(=O)(=O)N(C(=O)/C=N/N(c1ccccc1)c1ccccc1)C3C2. The van der Waals surface area contributed by atoms with Gasteiger partial charge in [0.25, 0.3) is 5.91 Å². The normalized spacial score (nSPS) is 29.9. The number of fused-ring (bicyclic) bond motifs is 1. The number of nitrogens with zero attached hydrogens (tertiary/aromatic N) is 3. The molecule has 162 valence electrons. The van der Waals surface area contributed by atoms with Crippen LogP contribution in [0.3, 0.4) is 0 Å². The largest absolute Gasteiger partial charge is 0.280 e. The predicted molar refractivity (Wildman–Crippen MR) is 121 cm³/mol. The predicted octanol–water partition coefficient (Wildman–Crippen LogP) is 4.18. The van der Waals surface area contributed by atoms with Gasteiger partial charge in [0, 0.05) is 5.41 Å². The van der Waals surface area contributed by atoms with Crippen LogP contribution in [-0.4, -0.2) is 36.6 Å². The Bertz CT molecular complexity index is 1090. The van der Waals surface area contributed by atoms with E-state index in [9.17, 15) is 13.2 Å². The Kier molecular flexibility index (Phi) is 4.52. The number of hydrogen-bond acceptors (Lipinski definition) is 5. The molecule has 1 heterocycles. The molecule has 2 bridgehead atoms. The van der Waals surface area contributed by atoms with E-state index in [2.05, 4.69) is 18.9 Å². The van der Waals surface area contributed by atoms with E-state index in [0.717, 1.165) is 41.2 Å². The fourth-order valence-corrected chi connectivity index (χ4v) is 8.66. The van der Waals surface area contributed by atoms with Gasteiger partial charge >= 0.3 is 0 Å². The third kappa shape index (κ3) is 2.93. The molecule has 3 fully saturated rings. The monoisotopic (exact) mass is 437 g/mol. The minimum absolute atomic E-state index is 0.0643. The molecule has 2 aliphatic carbocycles. The van der Waals surface area contributed by atoms with Crippen LogP contribution in [0.2, 0.25) is 0 Å². The van der Waals surface area contributed by atoms with Crippen LogP contribution in [0.25, 0.3) is 0 Å². The molecule has 2 aromatic rings. The Labute approximate surface area is 183 Å². The average Bonchev–Trinajstić information content (AvgIpc) is 3.23. The number of carbonyl (C=O) groups excluding carboxylic acids is 1. The van der Waals surface area contributed by atoms with Crippen molar-refractivity contribution in [2.24, 2.45) is 21.8 Å². The lowest BCUT2D eigenvalue weighted by Crippen LogP contribution is -2.44. The second-order valence-electron chi connectivity index (χ2n) is 9.48. The number of hydrazone groups is 1. The molecular formula is C24H27N3O3S. The quantitative estimate of drug-likeness (QED) is 0.532. The Balaban J connectivity index is 1.48. The molecule has 3 atom stereocenters. The van der Waals surface area contributed by atoms with E-state index in [1.54, 1.807) is 5.01 Å². The first-order valence-corrected chi connectivity index (χ1v) is 12.4. The van der Waals surface area contributed by atoms with Crippen LogP contribution in [0.4, 0.5) is 11.4 Å². The highest BCUT2D eigenvalue weighted by Crippen LogP contribution is 2.69. The topological polar surface area (TPSA) is 70.0 Å². The van der Waals surface area contributed by atoms with Gasteiger partial charge in [-0.15, -0.1) is 0 Å². The highest BCUT2D eigenvalue weighted by atomic mass is 32.2. The summed E-state index contributed by atoms with van der Waals surface area (Å²) in [6.45, 7) is 4.35. The molecule has 2 unspecified atom stereocenters. The van der Waals surface area contributed by atoms with Crippen molar-refractivity contribution in [1.82, 2.24) is 4.31 Å². The maximum Gasteiger partial charge on any atom is 0.280 e. The molecule has 7 heteroatoms. The number of para-hydroxylation sites is 2. The maximum atomic E-state index is 13.2. The Morgan fingerprint density at radius 1 is 1.06 bits per heavy atom. The fraction of sp³-hybridized carbons (Fsp3) is 0.417. The highest BCUT2D eigenvalue weighted by molar-refractivity contribution is 7.90. The number of hydrogen-bond donors (Lipinski definition) is 0. The van der Waals surface area contributed by atoms with Gasteiger partial charge in [-0.25, -0.2) is 17.7 Å². The molecule has 1 aliphatic heterocycles. The molecule has 0 radical (unpaired) electrons. The smallest absolute Gasteiger partial charge is 0.267 e. The summed E-state index contributed by atoms with van der Waals surface area (Å²) in [7, 11) is -3.66. The van der Waals surface area contributed by atoms with Crippen molar-refractivity contribution in [2.45, 2.75) is 39.2 Å². The summed E-state index contributed by atoms with van der Waals surface area (Å²) < 4.78 is 27.3. The summed E-state index contributed by atoms with van der Waals surface area (Å²) in [6, 6.07) is 18.7. The molecule has 2 aromatic carbocycles. The van der Waals surface area contributed by atoms with Crippen LogP contribution in [0.1, 0.15) is 33.1 Å². The van der Waals surface area contributed by atoms with Crippen molar-refractivity contribution >= 4 is 33.5 Å². The molecule has 1 saturated heterocycles. The zero-order valence-corrected chi connectivity index (χ0v) is 18.6. The fourth-order valence-electron chi connectivity index (χ4n) is 6.16. The number of benzene rings is 2. The van der Waals surface area contributed by atoms with E-state index >= 15 is 0 Å². The summed E-state index contributed by atoms with van der Waals surface area (Å²) in [5, 5.41) is 6.09. The maximum absolute atomic E-state index is 13.2. The average molecular weight is 438 g/mol. The summed E-state index contributed by atoms with van der Waals surface area (Å²) in [6.07, 6.45) is 3.84. The van der Waals surface area contributed by atoms with Crippen LogP contribution in [0.15, 0.2) is 65.8 Å². The number of sulfonamides is 1. The Morgan fingerprint density at radius 3 is 2.19 bits per heavy atom. The van der Waals surface area contributed by atoms with Crippen LogP contribution in [0, 0.1) is 16.7 Å². The van der Waals surface area contributed by atoms with Gasteiger partial charge in [0.1, 0.15) is 6.21 Å². The molecular weight excluding hydrogens is 410 g/mol. The summed E-state index contributed by atoms with van der Waals surface area (Å²) in [4.78, 5) is 13.2. The lowest BCUT2D eigenvalue weighted by molar-refractivity contribution is -0.121. The molecule has 3 aliphatic rings. The van der Waals surface area contributed by atoms with Gasteiger partial charge in [0.05, 0.1) is 23.2 Å². The van der Waals surface area contributed by atoms with Crippen LogP contribution in [0.5, 0.6) is 0 Å². The third-order valence-electron chi connectivity index (χ3n) is 7.91. The van der Waals surface area contributed by atoms with Gasteiger partial charge in [0.15, 0.2) is 0 Å². The molecule has 6 nitrogen and oxygen atoms in total. The van der Waals surface area contributed by atoms with E-state index in [0.29, 0.717) is 5.92 Å². The molecule has 1 spiro atoms. The molecule has 0 N–H and O–H groups in total. The van der Waals surface area contributed by atoms with Gasteiger partial charge in [0.2, 0.25) is 10.0 Å². The van der Waals surface area contributed by atoms with Crippen molar-refractivity contribution in [2.75, 3.05) is 10.8 Å². The number of carbonyl (C=O) groups is 1. The van der Waals surface area contributed by atoms with Gasteiger partial charge in [-0.2, -0.15) is 5.10 Å². The first-order valence-electron chi connectivity index (χ1n) is 10.8. The summed E-state index contributed by atoms with van der Waals surface area (Å²) >= 11 is 0. The first-order chi connectivity index (χ1) is 14.8. The van der Waals surface area contributed by atoms with E-state index in [1.165, 1.54) is 0 Å². The number of rotatable bonds is 4. The summed E-state index contributed by atoms with van der Waals surface area (Å²) in [5.41, 5.74) is 1.18. The van der Waals surface area contributed by atoms with Gasteiger partial charge in [-0.3, -0.25) is 4.79 Å². The molecule has 2 saturated carbocycles. The van der Waals surface area contributed by atoms with Gasteiger partial charge in [-0.05, 0) is 54.9 Å². The third-order valence-corrected chi connectivity index (χ3v) is 9.83. The van der Waals surface area contributed by atoms with Crippen LogP contribution >= 0.6 is 0 Å². The lowest BCUT2D eigenvalue weighted by Gasteiger charge is -2.36. The Morgan fingerprint density at radius 2 is 1.65 bits per heavy atom. The van der Waals surface area contributed by atoms with E-state index in [4.69, 9.17) is 0 Å². The Hall–Kier alpha value is -2.67. The van der Waals surface area contributed by atoms with Crippen LogP contribution < -0.4 is 5.01 Å². The van der Waals surface area contributed by atoms with Gasteiger partial charge in [-0.1, -0.05) is 50.2 Å². The van der Waals surface area contributed by atoms with Crippen LogP contribution in [-0.2, 0) is 14.8 Å². The second kappa shape index (κ2) is 6.92. The van der Waals surface area contributed by atoms with E-state index in [-0.39, 0.29) is 22.6 Å². The van der Waals surface area contributed by atoms with Crippen molar-refractivity contribution < 1.29 is 13.2 Å². The van der Waals surface area contributed by atoms with Gasteiger partial charge < -0.3 is 0 Å². The van der Waals surface area contributed by atoms with Crippen molar-refractivity contribution in [3.05, 3.63) is 60.7 Å². The first kappa shape index (κ1) is 20.2. The number of anilines is 2. The van der Waals surface area contributed by atoms with Crippen molar-refractivity contribution in [1.29, 1.82) is 0 Å². The molecule has 5 rings (SSSR count). The number of amides is 1. The van der Waals surface area contributed by atoms with Crippen molar-refractivity contribution in [3.8, 4) is 0 Å². The molecule has 31 heavy (non-hydrogen) atoms. The zero-order valence-electron chi connectivity index (χ0n) is 17.8. The molecule has 0 aromatic heterocycles. The highest BCUT2D eigenvalue weighted by Gasteiger charge is 2.72. The second-order valence-corrected chi connectivity index (χ2v) is 11.3. The minimum atomic E-state index is -3.66. The van der Waals surface area contributed by atoms with Crippen molar-refractivity contribution in [3.63, 3.8) is 0 Å². The van der Waals surface area contributed by atoms with E-state index in [1.807, 2.05) is 60.7 Å². The van der Waals surface area contributed by atoms with E-state index < -0.39 is 15.9 Å².